The smallest absolute Gasteiger partial charge is 0.344 e. The Hall–Kier alpha value is -2.88. The highest BCUT2D eigenvalue weighted by molar-refractivity contribution is 5.96. The summed E-state index contributed by atoms with van der Waals surface area (Å²) < 4.78 is 5.33. The second kappa shape index (κ2) is 6.48. The van der Waals surface area contributed by atoms with E-state index in [1.807, 2.05) is 61.5 Å². The molecule has 1 aromatic heterocycles. The molecule has 0 aliphatic heterocycles. The first-order valence-corrected chi connectivity index (χ1v) is 7.55. The molecule has 0 fully saturated rings. The largest absolute Gasteiger partial charge is 0.457 e. The van der Waals surface area contributed by atoms with Crippen molar-refractivity contribution in [1.29, 1.82) is 0 Å². The van der Waals surface area contributed by atoms with Crippen LogP contribution < -0.4 is 5.56 Å². The van der Waals surface area contributed by atoms with E-state index < -0.39 is 11.5 Å². The summed E-state index contributed by atoms with van der Waals surface area (Å²) in [6, 6.07) is 16.9. The monoisotopic (exact) mass is 307 g/mol. The average Bonchev–Trinajstić information content (AvgIpc) is 2.59. The minimum atomic E-state index is -0.585. The van der Waals surface area contributed by atoms with Crippen LogP contribution in [0.15, 0.2) is 59.4 Å². The number of aromatic nitrogens is 1. The lowest BCUT2D eigenvalue weighted by Gasteiger charge is -2.11. The van der Waals surface area contributed by atoms with Gasteiger partial charge in [0.05, 0.1) is 0 Å². The summed E-state index contributed by atoms with van der Waals surface area (Å²) in [4.78, 5) is 27.5. The summed E-state index contributed by atoms with van der Waals surface area (Å²) in [5.41, 5.74) is 2.04. The lowest BCUT2D eigenvalue weighted by molar-refractivity contribution is 0.0469. The Morgan fingerprint density at radius 3 is 2.48 bits per heavy atom. The fourth-order valence-corrected chi connectivity index (χ4v) is 2.69. The highest BCUT2D eigenvalue weighted by atomic mass is 16.5. The zero-order valence-electron chi connectivity index (χ0n) is 12.8. The molecule has 0 saturated heterocycles. The number of esters is 1. The van der Waals surface area contributed by atoms with Crippen LogP contribution in [0.4, 0.5) is 0 Å². The lowest BCUT2D eigenvalue weighted by Crippen LogP contribution is -2.22. The van der Waals surface area contributed by atoms with Crippen LogP contribution in [0.2, 0.25) is 0 Å². The topological polar surface area (TPSA) is 59.2 Å². The number of nitrogens with one attached hydrogen (secondary N) is 1. The standard InChI is InChI=1S/C19H17NO3/c1-2-14-15-10-6-7-11-16(15)20-18(21)17(14)19(22)23-12-13-8-4-3-5-9-13/h3-11H,2,12H2,1H3,(H,20,21). The Morgan fingerprint density at radius 1 is 1.04 bits per heavy atom. The van der Waals surface area contributed by atoms with Crippen LogP contribution >= 0.6 is 0 Å². The zero-order valence-corrected chi connectivity index (χ0v) is 12.8. The van der Waals surface area contributed by atoms with E-state index in [-0.39, 0.29) is 12.2 Å². The number of aromatic amines is 1. The van der Waals surface area contributed by atoms with E-state index >= 15 is 0 Å². The molecule has 3 aromatic rings. The third-order valence-electron chi connectivity index (χ3n) is 3.80. The summed E-state index contributed by atoms with van der Waals surface area (Å²) in [6.45, 7) is 2.07. The van der Waals surface area contributed by atoms with Gasteiger partial charge in [-0.25, -0.2) is 4.79 Å². The number of ether oxygens (including phenoxy) is 1. The minimum Gasteiger partial charge on any atom is -0.457 e. The van der Waals surface area contributed by atoms with Crippen LogP contribution in [-0.4, -0.2) is 11.0 Å². The highest BCUT2D eigenvalue weighted by Gasteiger charge is 2.19. The SMILES string of the molecule is CCc1c(C(=O)OCc2ccccc2)c(=O)[nH]c2ccccc12. The van der Waals surface area contributed by atoms with E-state index in [9.17, 15) is 9.59 Å². The number of H-pyrrole nitrogens is 1. The molecular formula is C19H17NO3. The van der Waals surface area contributed by atoms with Gasteiger partial charge in [-0.15, -0.1) is 0 Å². The molecule has 0 spiro atoms. The van der Waals surface area contributed by atoms with Gasteiger partial charge < -0.3 is 9.72 Å². The van der Waals surface area contributed by atoms with Gasteiger partial charge in [0.1, 0.15) is 12.2 Å². The first-order valence-electron chi connectivity index (χ1n) is 7.55. The fourth-order valence-electron chi connectivity index (χ4n) is 2.69. The van der Waals surface area contributed by atoms with Crippen LogP contribution in [0.3, 0.4) is 0 Å². The number of aryl methyl sites for hydroxylation is 1. The summed E-state index contributed by atoms with van der Waals surface area (Å²) in [6.07, 6.45) is 0.584. The summed E-state index contributed by atoms with van der Waals surface area (Å²) >= 11 is 0. The molecule has 0 aliphatic rings. The van der Waals surface area contributed by atoms with Gasteiger partial charge in [-0.05, 0) is 23.6 Å². The van der Waals surface area contributed by atoms with Gasteiger partial charge in [0.25, 0.3) is 5.56 Å². The number of carbonyl (C=O) groups excluding carboxylic acids is 1. The number of rotatable bonds is 4. The Kier molecular flexibility index (Phi) is 4.24. The van der Waals surface area contributed by atoms with Gasteiger partial charge in [-0.1, -0.05) is 55.5 Å². The van der Waals surface area contributed by atoms with Crippen LogP contribution in [0.5, 0.6) is 0 Å². The van der Waals surface area contributed by atoms with Crippen LogP contribution in [0.25, 0.3) is 10.9 Å². The van der Waals surface area contributed by atoms with Gasteiger partial charge >= 0.3 is 5.97 Å². The van der Waals surface area contributed by atoms with Crippen molar-refractivity contribution in [3.05, 3.63) is 81.6 Å². The number of hydrogen-bond acceptors (Lipinski definition) is 3. The molecule has 23 heavy (non-hydrogen) atoms. The molecule has 1 N–H and O–H groups in total. The maximum absolute atomic E-state index is 12.4. The normalized spacial score (nSPS) is 10.7. The van der Waals surface area contributed by atoms with Gasteiger partial charge in [0, 0.05) is 10.9 Å². The van der Waals surface area contributed by atoms with Crippen LogP contribution in [0, 0.1) is 0 Å². The van der Waals surface area contributed by atoms with Crippen molar-refractivity contribution in [1.82, 2.24) is 4.98 Å². The molecule has 0 atom stereocenters. The summed E-state index contributed by atoms with van der Waals surface area (Å²) in [5, 5.41) is 0.876. The number of fused-ring (bicyclic) bond motifs is 1. The maximum Gasteiger partial charge on any atom is 0.344 e. The van der Waals surface area contributed by atoms with Gasteiger partial charge in [-0.2, -0.15) is 0 Å². The molecule has 0 aliphatic carbocycles. The van der Waals surface area contributed by atoms with Crippen molar-refractivity contribution in [2.24, 2.45) is 0 Å². The molecule has 0 unspecified atom stereocenters. The minimum absolute atomic E-state index is 0.0992. The Labute approximate surface area is 133 Å². The van der Waals surface area contributed by atoms with Crippen molar-refractivity contribution in [2.45, 2.75) is 20.0 Å². The second-order valence-electron chi connectivity index (χ2n) is 5.27. The van der Waals surface area contributed by atoms with Crippen LogP contribution in [0.1, 0.15) is 28.4 Å². The molecule has 3 rings (SSSR count). The average molecular weight is 307 g/mol. The molecule has 0 saturated carbocycles. The number of hydrogen-bond donors (Lipinski definition) is 1. The molecular weight excluding hydrogens is 290 g/mol. The summed E-state index contributed by atoms with van der Waals surface area (Å²) in [7, 11) is 0. The predicted octanol–water partition coefficient (Wildman–Crippen LogP) is 3.45. The van der Waals surface area contributed by atoms with E-state index in [4.69, 9.17) is 4.74 Å². The highest BCUT2D eigenvalue weighted by Crippen LogP contribution is 2.19. The molecule has 0 amide bonds. The lowest BCUT2D eigenvalue weighted by atomic mass is 10.0. The van der Waals surface area contributed by atoms with E-state index in [0.717, 1.165) is 22.0 Å². The summed E-state index contributed by atoms with van der Waals surface area (Å²) in [5.74, 6) is -0.585. The molecule has 0 radical (unpaired) electrons. The molecule has 2 aromatic carbocycles. The number of carbonyl (C=O) groups is 1. The molecule has 4 nitrogen and oxygen atoms in total. The van der Waals surface area contributed by atoms with E-state index in [1.54, 1.807) is 0 Å². The Morgan fingerprint density at radius 2 is 1.74 bits per heavy atom. The maximum atomic E-state index is 12.4. The van der Waals surface area contributed by atoms with Gasteiger partial charge in [0.15, 0.2) is 0 Å². The molecule has 0 bridgehead atoms. The fraction of sp³-hybridized carbons (Fsp3) is 0.158. The van der Waals surface area contributed by atoms with E-state index in [2.05, 4.69) is 4.98 Å². The third kappa shape index (κ3) is 3.01. The first kappa shape index (κ1) is 15.0. The molecule has 116 valence electrons. The first-order chi connectivity index (χ1) is 11.2. The second-order valence-corrected chi connectivity index (χ2v) is 5.27. The Balaban J connectivity index is 1.97. The number of pyridine rings is 1. The predicted molar refractivity (Wildman–Crippen MR) is 89.5 cm³/mol. The van der Waals surface area contributed by atoms with E-state index in [1.165, 1.54) is 0 Å². The van der Waals surface area contributed by atoms with Crippen molar-refractivity contribution in [2.75, 3.05) is 0 Å². The number of benzene rings is 2. The van der Waals surface area contributed by atoms with Crippen LogP contribution in [-0.2, 0) is 17.8 Å². The van der Waals surface area contributed by atoms with Crippen molar-refractivity contribution in [3.63, 3.8) is 0 Å². The van der Waals surface area contributed by atoms with Gasteiger partial charge in [0.2, 0.25) is 0 Å². The zero-order chi connectivity index (χ0) is 16.2. The van der Waals surface area contributed by atoms with Crippen molar-refractivity contribution >= 4 is 16.9 Å². The van der Waals surface area contributed by atoms with Gasteiger partial charge in [-0.3, -0.25) is 4.79 Å². The Bertz CT molecular complexity index is 897. The van der Waals surface area contributed by atoms with Crippen molar-refractivity contribution in [3.8, 4) is 0 Å². The quantitative estimate of drug-likeness (QED) is 0.751. The van der Waals surface area contributed by atoms with E-state index in [0.29, 0.717) is 6.42 Å². The molecule has 4 heteroatoms. The number of para-hydroxylation sites is 1. The van der Waals surface area contributed by atoms with Crippen molar-refractivity contribution < 1.29 is 9.53 Å². The molecule has 1 heterocycles. The third-order valence-corrected chi connectivity index (χ3v) is 3.80.